The lowest BCUT2D eigenvalue weighted by Gasteiger charge is -2.14. The van der Waals surface area contributed by atoms with Gasteiger partial charge in [0, 0.05) is 6.42 Å². The molecule has 3 heteroatoms. The molecule has 0 aliphatic carbocycles. The number of halogens is 2. The minimum atomic E-state index is -2.74. The maximum Gasteiger partial charge on any atom is 0.260 e. The van der Waals surface area contributed by atoms with E-state index in [-0.39, 0.29) is 6.42 Å². The Hall–Kier alpha value is -0.960. The molecule has 0 atom stereocenters. The zero-order chi connectivity index (χ0) is 12.2. The van der Waals surface area contributed by atoms with E-state index in [1.807, 2.05) is 24.3 Å². The van der Waals surface area contributed by atoms with Crippen LogP contribution in [0.25, 0.3) is 0 Å². The van der Waals surface area contributed by atoms with Crippen molar-refractivity contribution in [2.24, 2.45) is 5.73 Å². The molecular weight excluding hydrogens is 208 g/mol. The second-order valence-electron chi connectivity index (χ2n) is 4.46. The van der Waals surface area contributed by atoms with E-state index >= 15 is 0 Å². The smallest absolute Gasteiger partial charge is 0.260 e. The van der Waals surface area contributed by atoms with Crippen LogP contribution in [-0.2, 0) is 6.42 Å². The van der Waals surface area contributed by atoms with Crippen LogP contribution in [0, 0.1) is 0 Å². The number of rotatable bonds is 5. The van der Waals surface area contributed by atoms with Crippen LogP contribution in [0.4, 0.5) is 8.78 Å². The number of hydrogen-bond acceptors (Lipinski definition) is 1. The van der Waals surface area contributed by atoms with Gasteiger partial charge in [0.1, 0.15) is 0 Å². The monoisotopic (exact) mass is 227 g/mol. The first-order valence-electron chi connectivity index (χ1n) is 5.61. The van der Waals surface area contributed by atoms with Crippen molar-refractivity contribution >= 4 is 0 Å². The Kier molecular flexibility index (Phi) is 4.42. The van der Waals surface area contributed by atoms with Crippen molar-refractivity contribution in [1.29, 1.82) is 0 Å². The molecule has 0 unspecified atom stereocenters. The van der Waals surface area contributed by atoms with Gasteiger partial charge in [0.05, 0.1) is 6.54 Å². The highest BCUT2D eigenvalue weighted by molar-refractivity contribution is 5.25. The molecule has 0 heterocycles. The molecule has 0 saturated carbocycles. The SMILES string of the molecule is CC(C)c1cccc(CCC(F)(F)CN)c1. The predicted molar refractivity (Wildman–Crippen MR) is 62.9 cm³/mol. The van der Waals surface area contributed by atoms with E-state index in [0.717, 1.165) is 5.56 Å². The van der Waals surface area contributed by atoms with Gasteiger partial charge in [0.2, 0.25) is 0 Å². The maximum atomic E-state index is 13.0. The Bertz CT molecular complexity index is 334. The lowest BCUT2D eigenvalue weighted by atomic mass is 9.98. The normalized spacial score (nSPS) is 12.1. The van der Waals surface area contributed by atoms with E-state index in [2.05, 4.69) is 13.8 Å². The average molecular weight is 227 g/mol. The van der Waals surface area contributed by atoms with Crippen molar-refractivity contribution in [1.82, 2.24) is 0 Å². The first-order valence-corrected chi connectivity index (χ1v) is 5.61. The molecule has 1 nitrogen and oxygen atoms in total. The molecular formula is C13H19F2N. The molecule has 16 heavy (non-hydrogen) atoms. The summed E-state index contributed by atoms with van der Waals surface area (Å²) in [6.45, 7) is 3.61. The summed E-state index contributed by atoms with van der Waals surface area (Å²) in [5.41, 5.74) is 7.14. The third-order valence-corrected chi connectivity index (χ3v) is 2.70. The summed E-state index contributed by atoms with van der Waals surface area (Å²) in [5.74, 6) is -2.32. The lowest BCUT2D eigenvalue weighted by Crippen LogP contribution is -2.28. The standard InChI is InChI=1S/C13H19F2N/c1-10(2)12-5-3-4-11(8-12)6-7-13(14,15)9-16/h3-5,8,10H,6-7,9,16H2,1-2H3. The molecule has 1 aromatic rings. The van der Waals surface area contributed by atoms with Gasteiger partial charge >= 0.3 is 0 Å². The van der Waals surface area contributed by atoms with E-state index in [1.165, 1.54) is 5.56 Å². The van der Waals surface area contributed by atoms with Gasteiger partial charge in [-0.3, -0.25) is 0 Å². The summed E-state index contributed by atoms with van der Waals surface area (Å²) in [4.78, 5) is 0. The molecule has 0 spiro atoms. The van der Waals surface area contributed by atoms with Gasteiger partial charge in [-0.05, 0) is 23.5 Å². The second-order valence-corrected chi connectivity index (χ2v) is 4.46. The highest BCUT2D eigenvalue weighted by atomic mass is 19.3. The molecule has 1 aromatic carbocycles. The van der Waals surface area contributed by atoms with Crippen molar-refractivity contribution in [3.8, 4) is 0 Å². The summed E-state index contributed by atoms with van der Waals surface area (Å²) in [6.07, 6.45) is 0.204. The van der Waals surface area contributed by atoms with Crippen LogP contribution in [0.2, 0.25) is 0 Å². The number of aryl methyl sites for hydroxylation is 1. The quantitative estimate of drug-likeness (QED) is 0.820. The summed E-state index contributed by atoms with van der Waals surface area (Å²) < 4.78 is 25.9. The van der Waals surface area contributed by atoms with Gasteiger partial charge in [-0.15, -0.1) is 0 Å². The van der Waals surface area contributed by atoms with Crippen LogP contribution in [0.5, 0.6) is 0 Å². The highest BCUT2D eigenvalue weighted by Crippen LogP contribution is 2.21. The van der Waals surface area contributed by atoms with Crippen LogP contribution >= 0.6 is 0 Å². The van der Waals surface area contributed by atoms with Gasteiger partial charge in [-0.2, -0.15) is 0 Å². The van der Waals surface area contributed by atoms with Crippen molar-refractivity contribution in [2.45, 2.75) is 38.5 Å². The van der Waals surface area contributed by atoms with Crippen LogP contribution < -0.4 is 5.73 Å². The molecule has 0 aliphatic heterocycles. The third-order valence-electron chi connectivity index (χ3n) is 2.70. The minimum Gasteiger partial charge on any atom is -0.325 e. The van der Waals surface area contributed by atoms with Crippen LogP contribution in [0.1, 0.15) is 37.3 Å². The largest absolute Gasteiger partial charge is 0.325 e. The zero-order valence-corrected chi connectivity index (χ0v) is 9.84. The molecule has 90 valence electrons. The summed E-state index contributed by atoms with van der Waals surface area (Å²) >= 11 is 0. The van der Waals surface area contributed by atoms with Crippen molar-refractivity contribution in [2.75, 3.05) is 6.54 Å². The first-order chi connectivity index (χ1) is 7.44. The van der Waals surface area contributed by atoms with Crippen molar-refractivity contribution in [3.63, 3.8) is 0 Å². The Balaban J connectivity index is 2.64. The van der Waals surface area contributed by atoms with Gasteiger partial charge in [-0.1, -0.05) is 38.1 Å². The molecule has 2 N–H and O–H groups in total. The highest BCUT2D eigenvalue weighted by Gasteiger charge is 2.25. The van der Waals surface area contributed by atoms with Crippen molar-refractivity contribution in [3.05, 3.63) is 35.4 Å². The fourth-order valence-corrected chi connectivity index (χ4v) is 1.54. The molecule has 0 bridgehead atoms. The number of alkyl halides is 2. The molecule has 0 saturated heterocycles. The van der Waals surface area contributed by atoms with E-state index in [4.69, 9.17) is 5.73 Å². The van der Waals surface area contributed by atoms with E-state index < -0.39 is 12.5 Å². The van der Waals surface area contributed by atoms with Crippen LogP contribution in [-0.4, -0.2) is 12.5 Å². The Morgan fingerprint density at radius 3 is 2.56 bits per heavy atom. The number of hydrogen-bond donors (Lipinski definition) is 1. The third kappa shape index (κ3) is 3.89. The maximum absolute atomic E-state index is 13.0. The molecule has 0 aliphatic rings. The zero-order valence-electron chi connectivity index (χ0n) is 9.84. The Labute approximate surface area is 95.7 Å². The van der Waals surface area contributed by atoms with Crippen LogP contribution in [0.15, 0.2) is 24.3 Å². The molecule has 0 aromatic heterocycles. The topological polar surface area (TPSA) is 26.0 Å². The van der Waals surface area contributed by atoms with Gasteiger partial charge in [-0.25, -0.2) is 8.78 Å². The fraction of sp³-hybridized carbons (Fsp3) is 0.538. The van der Waals surface area contributed by atoms with Gasteiger partial charge in [0.15, 0.2) is 0 Å². The predicted octanol–water partition coefficient (Wildman–Crippen LogP) is 3.34. The summed E-state index contributed by atoms with van der Waals surface area (Å²) in [6, 6.07) is 7.83. The second kappa shape index (κ2) is 5.39. The van der Waals surface area contributed by atoms with E-state index in [1.54, 1.807) is 0 Å². The minimum absolute atomic E-state index is 0.176. The molecule has 0 amide bonds. The summed E-state index contributed by atoms with van der Waals surface area (Å²) in [7, 11) is 0. The van der Waals surface area contributed by atoms with Crippen LogP contribution in [0.3, 0.4) is 0 Å². The molecule has 0 radical (unpaired) electrons. The van der Waals surface area contributed by atoms with Gasteiger partial charge < -0.3 is 5.73 Å². The Morgan fingerprint density at radius 2 is 2.00 bits per heavy atom. The average Bonchev–Trinajstić information content (AvgIpc) is 2.27. The number of benzene rings is 1. The van der Waals surface area contributed by atoms with E-state index in [0.29, 0.717) is 12.3 Å². The van der Waals surface area contributed by atoms with Crippen molar-refractivity contribution < 1.29 is 8.78 Å². The fourth-order valence-electron chi connectivity index (χ4n) is 1.54. The molecule has 0 fully saturated rings. The first kappa shape index (κ1) is 13.1. The lowest BCUT2D eigenvalue weighted by molar-refractivity contribution is 0.00246. The summed E-state index contributed by atoms with van der Waals surface area (Å²) in [5, 5.41) is 0. The van der Waals surface area contributed by atoms with E-state index in [9.17, 15) is 8.78 Å². The number of nitrogens with two attached hydrogens (primary N) is 1. The Morgan fingerprint density at radius 1 is 1.31 bits per heavy atom. The molecule has 1 rings (SSSR count). The van der Waals surface area contributed by atoms with Gasteiger partial charge in [0.25, 0.3) is 5.92 Å².